The van der Waals surface area contributed by atoms with E-state index in [2.05, 4.69) is 47.8 Å². The van der Waals surface area contributed by atoms with E-state index in [0.29, 0.717) is 26.1 Å². The molecule has 0 aliphatic carbocycles. The summed E-state index contributed by atoms with van der Waals surface area (Å²) < 4.78 is -0.693. The summed E-state index contributed by atoms with van der Waals surface area (Å²) in [5, 5.41) is 10.6. The SMILES string of the molecule is C=CCN(CCC)C(=O)[C@@H]1[C@H]2C(=O)N([C@@H](CO)CC(C)C)C(C(=O)N(CC=C)C(C)CCC)C23S[C@@H]1CC3C. The maximum atomic E-state index is 14.7. The molecular weight excluding hydrogens is 510 g/mol. The summed E-state index contributed by atoms with van der Waals surface area (Å²) in [6.07, 6.45) is 7.52. The number of thioether (sulfide) groups is 1. The highest BCUT2D eigenvalue weighted by Gasteiger charge is 2.77. The Morgan fingerprint density at radius 2 is 1.82 bits per heavy atom. The number of carbonyl (C=O) groups excluding carboxylic acids is 3. The van der Waals surface area contributed by atoms with Crippen LogP contribution in [0.1, 0.15) is 73.6 Å². The summed E-state index contributed by atoms with van der Waals surface area (Å²) in [6, 6.07) is -1.19. The molecule has 0 aromatic carbocycles. The lowest BCUT2D eigenvalue weighted by Crippen LogP contribution is -2.60. The molecule has 8 atom stereocenters. The lowest BCUT2D eigenvalue weighted by Gasteiger charge is -2.43. The van der Waals surface area contributed by atoms with Crippen LogP contribution in [0.4, 0.5) is 0 Å². The fourth-order valence-corrected chi connectivity index (χ4v) is 9.91. The van der Waals surface area contributed by atoms with E-state index in [1.807, 2.05) is 16.7 Å². The molecule has 39 heavy (non-hydrogen) atoms. The van der Waals surface area contributed by atoms with Crippen molar-refractivity contribution in [3.63, 3.8) is 0 Å². The maximum Gasteiger partial charge on any atom is 0.247 e. The van der Waals surface area contributed by atoms with Crippen molar-refractivity contribution < 1.29 is 19.5 Å². The van der Waals surface area contributed by atoms with Crippen molar-refractivity contribution >= 4 is 29.5 Å². The normalized spacial score (nSPS) is 30.8. The first-order chi connectivity index (χ1) is 18.5. The van der Waals surface area contributed by atoms with Gasteiger partial charge in [-0.05, 0) is 44.4 Å². The fourth-order valence-electron chi connectivity index (χ4n) is 7.52. The van der Waals surface area contributed by atoms with Gasteiger partial charge in [-0.15, -0.1) is 24.9 Å². The van der Waals surface area contributed by atoms with Crippen molar-refractivity contribution in [2.24, 2.45) is 23.7 Å². The van der Waals surface area contributed by atoms with Crippen LogP contribution in [-0.4, -0.2) is 91.9 Å². The number of rotatable bonds is 15. The highest BCUT2D eigenvalue weighted by Crippen LogP contribution is 2.69. The second kappa shape index (κ2) is 13.2. The van der Waals surface area contributed by atoms with Gasteiger partial charge >= 0.3 is 0 Å². The molecule has 3 heterocycles. The van der Waals surface area contributed by atoms with Crippen LogP contribution in [0.2, 0.25) is 0 Å². The minimum atomic E-state index is -0.716. The molecule has 3 aliphatic rings. The van der Waals surface area contributed by atoms with Gasteiger partial charge in [0.1, 0.15) is 6.04 Å². The van der Waals surface area contributed by atoms with Crippen molar-refractivity contribution in [1.82, 2.24) is 14.7 Å². The molecule has 3 fully saturated rings. The van der Waals surface area contributed by atoms with E-state index in [9.17, 15) is 19.5 Å². The average molecular weight is 562 g/mol. The Hall–Kier alpha value is -1.80. The van der Waals surface area contributed by atoms with Crippen molar-refractivity contribution in [2.45, 2.75) is 102 Å². The van der Waals surface area contributed by atoms with Crippen LogP contribution in [0.25, 0.3) is 0 Å². The number of amides is 3. The number of carbonyl (C=O) groups is 3. The molecule has 3 amide bonds. The van der Waals surface area contributed by atoms with E-state index in [4.69, 9.17) is 0 Å². The molecule has 0 radical (unpaired) electrons. The van der Waals surface area contributed by atoms with Gasteiger partial charge in [0, 0.05) is 30.9 Å². The predicted molar refractivity (Wildman–Crippen MR) is 159 cm³/mol. The molecule has 1 N–H and O–H groups in total. The Balaban J connectivity index is 2.16. The van der Waals surface area contributed by atoms with Gasteiger partial charge in [-0.2, -0.15) is 0 Å². The van der Waals surface area contributed by atoms with E-state index in [0.717, 1.165) is 25.7 Å². The van der Waals surface area contributed by atoms with Crippen molar-refractivity contribution in [1.29, 1.82) is 0 Å². The molecule has 8 heteroatoms. The van der Waals surface area contributed by atoms with E-state index in [1.54, 1.807) is 28.8 Å². The first-order valence-electron chi connectivity index (χ1n) is 15.0. The zero-order chi connectivity index (χ0) is 29.1. The summed E-state index contributed by atoms with van der Waals surface area (Å²) in [5.74, 6) is -0.920. The molecule has 4 unspecified atom stereocenters. The van der Waals surface area contributed by atoms with Crippen LogP contribution in [-0.2, 0) is 14.4 Å². The quantitative estimate of drug-likeness (QED) is 0.301. The molecule has 0 aromatic heterocycles. The molecular formula is C31H51N3O4S. The van der Waals surface area contributed by atoms with Crippen LogP contribution in [0.3, 0.4) is 0 Å². The second-order valence-electron chi connectivity index (χ2n) is 12.3. The molecule has 2 bridgehead atoms. The number of nitrogens with zero attached hydrogens (tertiary/aromatic N) is 3. The molecule has 3 rings (SSSR count). The third-order valence-corrected chi connectivity index (χ3v) is 11.1. The highest BCUT2D eigenvalue weighted by atomic mass is 32.2. The van der Waals surface area contributed by atoms with Gasteiger partial charge in [0.15, 0.2) is 0 Å². The second-order valence-corrected chi connectivity index (χ2v) is 13.8. The molecule has 0 aromatic rings. The minimum Gasteiger partial charge on any atom is -0.394 e. The van der Waals surface area contributed by atoms with Crippen LogP contribution in [0.5, 0.6) is 0 Å². The lowest BCUT2D eigenvalue weighted by molar-refractivity contribution is -0.148. The lowest BCUT2D eigenvalue weighted by atomic mass is 9.65. The largest absolute Gasteiger partial charge is 0.394 e. The van der Waals surface area contributed by atoms with Gasteiger partial charge in [-0.25, -0.2) is 0 Å². The Morgan fingerprint density at radius 1 is 1.15 bits per heavy atom. The molecule has 0 saturated carbocycles. The molecule has 1 spiro atoms. The van der Waals surface area contributed by atoms with Crippen LogP contribution in [0.15, 0.2) is 25.3 Å². The van der Waals surface area contributed by atoms with E-state index >= 15 is 0 Å². The van der Waals surface area contributed by atoms with Crippen LogP contribution < -0.4 is 0 Å². The first-order valence-corrected chi connectivity index (χ1v) is 15.8. The van der Waals surface area contributed by atoms with Crippen molar-refractivity contribution in [3.8, 4) is 0 Å². The van der Waals surface area contributed by atoms with E-state index in [1.165, 1.54) is 0 Å². The fraction of sp³-hybridized carbons (Fsp3) is 0.774. The summed E-state index contributed by atoms with van der Waals surface area (Å²) in [5.41, 5.74) is 0. The Labute approximate surface area is 240 Å². The average Bonchev–Trinajstić information content (AvgIpc) is 3.48. The van der Waals surface area contributed by atoms with Crippen molar-refractivity contribution in [3.05, 3.63) is 25.3 Å². The molecule has 7 nitrogen and oxygen atoms in total. The number of likely N-dealkylation sites (tertiary alicyclic amines) is 1. The predicted octanol–water partition coefficient (Wildman–Crippen LogP) is 4.36. The number of aliphatic hydroxyl groups excluding tert-OH is 1. The Morgan fingerprint density at radius 3 is 2.36 bits per heavy atom. The molecule has 3 aliphatic heterocycles. The smallest absolute Gasteiger partial charge is 0.247 e. The molecule has 3 saturated heterocycles. The van der Waals surface area contributed by atoms with Gasteiger partial charge < -0.3 is 19.8 Å². The van der Waals surface area contributed by atoms with Gasteiger partial charge in [0.05, 0.1) is 29.2 Å². The topological polar surface area (TPSA) is 81.2 Å². The summed E-state index contributed by atoms with van der Waals surface area (Å²) >= 11 is 1.71. The van der Waals surface area contributed by atoms with Gasteiger partial charge in [0.2, 0.25) is 17.7 Å². The third-order valence-electron chi connectivity index (χ3n) is 9.05. The van der Waals surface area contributed by atoms with Gasteiger partial charge in [0.25, 0.3) is 0 Å². The van der Waals surface area contributed by atoms with E-state index in [-0.39, 0.29) is 47.5 Å². The number of hydrogen-bond donors (Lipinski definition) is 1. The van der Waals surface area contributed by atoms with E-state index < -0.39 is 28.7 Å². The van der Waals surface area contributed by atoms with Gasteiger partial charge in [-0.3, -0.25) is 14.4 Å². The van der Waals surface area contributed by atoms with Crippen LogP contribution >= 0.6 is 11.8 Å². The number of aliphatic hydroxyl groups is 1. The standard InChI is InChI=1S/C31H51N3O4S/c1-9-13-22(8)33(16-12-4)30(38)27-31-21(7)18-24(39-31)25(28(36)32(14-10-2)15-11-3)26(31)29(37)34(27)23(19-35)17-20(5)6/h10,12,20-27,35H,2,4,9,11,13-19H2,1,3,5-8H3/t21?,22?,23-,24-,25+,26+,27?,31?/m1/s1. The number of fused-ring (bicyclic) bond motifs is 1. The first kappa shape index (κ1) is 31.7. The third kappa shape index (κ3) is 5.57. The summed E-state index contributed by atoms with van der Waals surface area (Å²) in [4.78, 5) is 48.7. The monoisotopic (exact) mass is 561 g/mol. The number of hydrogen-bond acceptors (Lipinski definition) is 5. The Kier molecular flexibility index (Phi) is 10.8. The summed E-state index contributed by atoms with van der Waals surface area (Å²) in [7, 11) is 0. The minimum absolute atomic E-state index is 0.00105. The Bertz CT molecular complexity index is 926. The maximum absolute atomic E-state index is 14.7. The van der Waals surface area contributed by atoms with Crippen molar-refractivity contribution in [2.75, 3.05) is 26.2 Å². The van der Waals surface area contributed by atoms with Gasteiger partial charge in [-0.1, -0.05) is 53.2 Å². The molecule has 220 valence electrons. The highest BCUT2D eigenvalue weighted by molar-refractivity contribution is 8.02. The zero-order valence-corrected chi connectivity index (χ0v) is 25.8. The zero-order valence-electron chi connectivity index (χ0n) is 25.0. The van der Waals surface area contributed by atoms with Crippen LogP contribution in [0, 0.1) is 23.7 Å². The summed E-state index contributed by atoms with van der Waals surface area (Å²) in [6.45, 7) is 21.5.